The smallest absolute Gasteiger partial charge is 0.429 e. The third-order valence-corrected chi connectivity index (χ3v) is 4.41. The number of hydrogen-bond acceptors (Lipinski definition) is 6. The molecule has 3 heterocycles. The highest BCUT2D eigenvalue weighted by Crippen LogP contribution is 2.31. The average Bonchev–Trinajstić information content (AvgIpc) is 2.82. The summed E-state index contributed by atoms with van der Waals surface area (Å²) in [6.45, 7) is 6.33. The minimum absolute atomic E-state index is 0.0432. The standard InChI is InChI=1S/C17H20Cl2FN5O2/c1-17(2,3)27-16(26)25-8-6-4-5-7-24(25)14-10-9-21-13(18)11(20)12(10)22-15(19)23-14/h9H,4-8H2,1-3H3. The van der Waals surface area contributed by atoms with Gasteiger partial charge in [-0.15, -0.1) is 0 Å². The zero-order valence-corrected chi connectivity index (χ0v) is 16.8. The van der Waals surface area contributed by atoms with Crippen LogP contribution in [0.4, 0.5) is 15.0 Å². The number of aromatic nitrogens is 3. The van der Waals surface area contributed by atoms with Crippen LogP contribution >= 0.6 is 23.2 Å². The van der Waals surface area contributed by atoms with Crippen LogP contribution in [0.5, 0.6) is 0 Å². The van der Waals surface area contributed by atoms with Crippen molar-refractivity contribution in [1.29, 1.82) is 0 Å². The highest BCUT2D eigenvalue weighted by molar-refractivity contribution is 6.30. The Balaban J connectivity index is 2.11. The van der Waals surface area contributed by atoms with E-state index in [9.17, 15) is 9.18 Å². The largest absolute Gasteiger partial charge is 0.442 e. The van der Waals surface area contributed by atoms with Gasteiger partial charge in [0.05, 0.1) is 5.39 Å². The first-order chi connectivity index (χ1) is 12.7. The van der Waals surface area contributed by atoms with Crippen LogP contribution in [0, 0.1) is 5.82 Å². The zero-order valence-electron chi connectivity index (χ0n) is 15.3. The molecule has 3 rings (SSSR count). The Hall–Kier alpha value is -1.93. The molecule has 0 spiro atoms. The SMILES string of the molecule is CC(C)(C)OC(=O)N1CCCCCN1c1nc(Cl)nc2c(F)c(Cl)ncc12. The van der Waals surface area contributed by atoms with Gasteiger partial charge in [0.2, 0.25) is 5.28 Å². The Labute approximate surface area is 166 Å². The Bertz CT molecular complexity index is 875. The first-order valence-electron chi connectivity index (χ1n) is 8.62. The molecule has 1 fully saturated rings. The van der Waals surface area contributed by atoms with Crippen molar-refractivity contribution in [1.82, 2.24) is 20.0 Å². The van der Waals surface area contributed by atoms with E-state index < -0.39 is 17.5 Å². The second-order valence-electron chi connectivity index (χ2n) is 7.23. The molecule has 0 radical (unpaired) electrons. The van der Waals surface area contributed by atoms with E-state index in [0.29, 0.717) is 24.3 Å². The van der Waals surface area contributed by atoms with E-state index >= 15 is 0 Å². The lowest BCUT2D eigenvalue weighted by Crippen LogP contribution is -2.49. The molecule has 1 saturated heterocycles. The number of nitrogens with zero attached hydrogens (tertiary/aromatic N) is 5. The van der Waals surface area contributed by atoms with Crippen molar-refractivity contribution >= 4 is 46.0 Å². The van der Waals surface area contributed by atoms with E-state index in [0.717, 1.165) is 19.3 Å². The van der Waals surface area contributed by atoms with Crippen LogP contribution in [-0.2, 0) is 4.74 Å². The van der Waals surface area contributed by atoms with Gasteiger partial charge in [0.25, 0.3) is 0 Å². The maximum Gasteiger partial charge on any atom is 0.429 e. The fraction of sp³-hybridized carbons (Fsp3) is 0.529. The molecule has 0 bridgehead atoms. The Morgan fingerprint density at radius 2 is 1.89 bits per heavy atom. The second-order valence-corrected chi connectivity index (χ2v) is 7.92. The highest BCUT2D eigenvalue weighted by atomic mass is 35.5. The predicted octanol–water partition coefficient (Wildman–Crippen LogP) is 4.61. The summed E-state index contributed by atoms with van der Waals surface area (Å²) >= 11 is 11.8. The van der Waals surface area contributed by atoms with Crippen molar-refractivity contribution in [2.24, 2.45) is 0 Å². The number of hydrazine groups is 1. The van der Waals surface area contributed by atoms with Gasteiger partial charge < -0.3 is 4.74 Å². The number of carbonyl (C=O) groups excluding carboxylic acids is 1. The molecule has 27 heavy (non-hydrogen) atoms. The monoisotopic (exact) mass is 415 g/mol. The van der Waals surface area contributed by atoms with Gasteiger partial charge >= 0.3 is 6.09 Å². The predicted molar refractivity (Wildman–Crippen MR) is 101 cm³/mol. The third kappa shape index (κ3) is 4.32. The van der Waals surface area contributed by atoms with E-state index in [2.05, 4.69) is 15.0 Å². The lowest BCUT2D eigenvalue weighted by molar-refractivity contribution is 0.0232. The summed E-state index contributed by atoms with van der Waals surface area (Å²) in [4.78, 5) is 24.8. The van der Waals surface area contributed by atoms with Gasteiger partial charge in [0.1, 0.15) is 11.1 Å². The molecule has 1 aliphatic heterocycles. The topological polar surface area (TPSA) is 71.5 Å². The van der Waals surface area contributed by atoms with Gasteiger partial charge in [-0.25, -0.2) is 24.2 Å². The lowest BCUT2D eigenvalue weighted by atomic mass is 10.2. The molecule has 0 N–H and O–H groups in total. The molecular formula is C17H20Cl2FN5O2. The van der Waals surface area contributed by atoms with Crippen molar-refractivity contribution in [2.45, 2.75) is 45.6 Å². The van der Waals surface area contributed by atoms with E-state index in [4.69, 9.17) is 27.9 Å². The fourth-order valence-corrected chi connectivity index (χ4v) is 3.16. The van der Waals surface area contributed by atoms with E-state index in [-0.39, 0.29) is 16.0 Å². The average molecular weight is 416 g/mol. The maximum absolute atomic E-state index is 14.4. The van der Waals surface area contributed by atoms with Crippen molar-refractivity contribution in [3.63, 3.8) is 0 Å². The van der Waals surface area contributed by atoms with Crippen LogP contribution in [0.15, 0.2) is 6.20 Å². The highest BCUT2D eigenvalue weighted by Gasteiger charge is 2.31. The number of halogens is 3. The van der Waals surface area contributed by atoms with Gasteiger partial charge in [0.15, 0.2) is 16.8 Å². The van der Waals surface area contributed by atoms with Gasteiger partial charge in [0, 0.05) is 19.3 Å². The molecule has 10 heteroatoms. The number of amides is 1. The van der Waals surface area contributed by atoms with Gasteiger partial charge in [-0.1, -0.05) is 11.6 Å². The van der Waals surface area contributed by atoms with Gasteiger partial charge in [-0.3, -0.25) is 5.01 Å². The van der Waals surface area contributed by atoms with Crippen molar-refractivity contribution in [3.05, 3.63) is 22.5 Å². The number of hydrogen-bond donors (Lipinski definition) is 0. The molecule has 2 aromatic heterocycles. The van der Waals surface area contributed by atoms with Crippen molar-refractivity contribution in [2.75, 3.05) is 18.1 Å². The molecule has 0 aliphatic carbocycles. The molecular weight excluding hydrogens is 396 g/mol. The Morgan fingerprint density at radius 1 is 1.19 bits per heavy atom. The zero-order chi connectivity index (χ0) is 19.8. The van der Waals surface area contributed by atoms with E-state index in [1.807, 2.05) is 0 Å². The summed E-state index contributed by atoms with van der Waals surface area (Å²) < 4.78 is 19.9. The number of ether oxygens (including phenoxy) is 1. The number of rotatable bonds is 1. The quantitative estimate of drug-likeness (QED) is 0.499. The van der Waals surface area contributed by atoms with Crippen LogP contribution < -0.4 is 5.01 Å². The minimum atomic E-state index is -0.779. The first-order valence-corrected chi connectivity index (χ1v) is 9.38. The van der Waals surface area contributed by atoms with Crippen LogP contribution in [0.2, 0.25) is 10.4 Å². The summed E-state index contributed by atoms with van der Waals surface area (Å²) in [6.07, 6.45) is 3.45. The summed E-state index contributed by atoms with van der Waals surface area (Å²) in [5, 5.41) is 3.00. The number of fused-ring (bicyclic) bond motifs is 1. The van der Waals surface area contributed by atoms with Crippen molar-refractivity contribution in [3.8, 4) is 0 Å². The maximum atomic E-state index is 14.4. The van der Waals surface area contributed by atoms with Gasteiger partial charge in [-0.2, -0.15) is 4.98 Å². The molecule has 1 aliphatic rings. The first kappa shape index (κ1) is 19.8. The fourth-order valence-electron chi connectivity index (χ4n) is 2.86. The van der Waals surface area contributed by atoms with Crippen LogP contribution in [0.1, 0.15) is 40.0 Å². The number of anilines is 1. The summed E-state index contributed by atoms with van der Waals surface area (Å²) in [7, 11) is 0. The minimum Gasteiger partial charge on any atom is -0.442 e. The van der Waals surface area contributed by atoms with Crippen LogP contribution in [-0.4, -0.2) is 44.7 Å². The second kappa shape index (κ2) is 7.59. The summed E-state index contributed by atoms with van der Waals surface area (Å²) in [5.74, 6) is -0.487. The molecule has 1 amide bonds. The molecule has 0 unspecified atom stereocenters. The molecule has 0 saturated carbocycles. The van der Waals surface area contributed by atoms with Gasteiger partial charge in [-0.05, 0) is 51.6 Å². The number of pyridine rings is 1. The molecule has 146 valence electrons. The normalized spacial score (nSPS) is 15.8. The molecule has 0 aromatic carbocycles. The molecule has 2 aromatic rings. The van der Waals surface area contributed by atoms with Crippen LogP contribution in [0.3, 0.4) is 0 Å². The summed E-state index contributed by atoms with van der Waals surface area (Å²) in [5.41, 5.74) is -0.694. The lowest BCUT2D eigenvalue weighted by Gasteiger charge is -2.35. The Kier molecular flexibility index (Phi) is 5.58. The van der Waals surface area contributed by atoms with E-state index in [1.54, 1.807) is 25.8 Å². The van der Waals surface area contributed by atoms with Crippen LogP contribution in [0.25, 0.3) is 10.9 Å². The third-order valence-electron chi connectivity index (χ3n) is 3.97. The van der Waals surface area contributed by atoms with Crippen molar-refractivity contribution < 1.29 is 13.9 Å². The molecule has 7 nitrogen and oxygen atoms in total. The Morgan fingerprint density at radius 3 is 2.59 bits per heavy atom. The summed E-state index contributed by atoms with van der Waals surface area (Å²) in [6, 6.07) is 0. The van der Waals surface area contributed by atoms with E-state index in [1.165, 1.54) is 11.2 Å². The number of carbonyl (C=O) groups is 1. The molecule has 0 atom stereocenters.